The predicted octanol–water partition coefficient (Wildman–Crippen LogP) is 4.49. The number of ether oxygens (including phenoxy) is 1. The Balaban J connectivity index is 1.88. The van der Waals surface area contributed by atoms with E-state index >= 15 is 0 Å². The molecule has 0 atom stereocenters. The molecular formula is C22H30N4O3S. The fourth-order valence-corrected chi connectivity index (χ4v) is 3.71. The Morgan fingerprint density at radius 2 is 1.90 bits per heavy atom. The van der Waals surface area contributed by atoms with Crippen LogP contribution in [0.2, 0.25) is 0 Å². The van der Waals surface area contributed by atoms with Crippen LogP contribution in [0, 0.1) is 0 Å². The van der Waals surface area contributed by atoms with E-state index < -0.39 is 5.97 Å². The maximum Gasteiger partial charge on any atom is 0.337 e. The van der Waals surface area contributed by atoms with E-state index in [1.54, 1.807) is 24.3 Å². The zero-order valence-corrected chi connectivity index (χ0v) is 18.5. The Kier molecular flexibility index (Phi) is 10.1. The standard InChI is InChI=1S/C22H30N4O3S/c1-4-6-7-8-9-10-19-24-25-22(26(19)15-5-2)30-16-20(27)23-18-13-11-17(12-14-18)21(28)29-3/h5,11-14H,2,4,6-10,15-16H2,1,3H3,(H,23,27). The molecule has 30 heavy (non-hydrogen) atoms. The minimum absolute atomic E-state index is 0.153. The minimum atomic E-state index is -0.411. The maximum absolute atomic E-state index is 12.3. The number of hydrogen-bond donors (Lipinski definition) is 1. The molecule has 162 valence electrons. The van der Waals surface area contributed by atoms with Crippen molar-refractivity contribution in [3.8, 4) is 0 Å². The van der Waals surface area contributed by atoms with E-state index in [1.165, 1.54) is 44.6 Å². The van der Waals surface area contributed by atoms with Crippen LogP contribution in [0.15, 0.2) is 42.1 Å². The van der Waals surface area contributed by atoms with Crippen molar-refractivity contribution < 1.29 is 14.3 Å². The fraction of sp³-hybridized carbons (Fsp3) is 0.455. The van der Waals surface area contributed by atoms with Gasteiger partial charge in [-0.3, -0.25) is 4.79 Å². The number of rotatable bonds is 13. The summed E-state index contributed by atoms with van der Waals surface area (Å²) in [6, 6.07) is 6.57. The molecule has 1 aromatic heterocycles. The summed E-state index contributed by atoms with van der Waals surface area (Å²) < 4.78 is 6.69. The predicted molar refractivity (Wildman–Crippen MR) is 120 cm³/mol. The maximum atomic E-state index is 12.3. The van der Waals surface area contributed by atoms with Crippen molar-refractivity contribution in [1.82, 2.24) is 14.8 Å². The van der Waals surface area contributed by atoms with Crippen molar-refractivity contribution in [2.75, 3.05) is 18.2 Å². The van der Waals surface area contributed by atoms with Gasteiger partial charge in [-0.2, -0.15) is 0 Å². The van der Waals surface area contributed by atoms with Crippen LogP contribution in [-0.2, 0) is 22.5 Å². The van der Waals surface area contributed by atoms with Crippen LogP contribution in [0.4, 0.5) is 5.69 Å². The van der Waals surface area contributed by atoms with E-state index in [2.05, 4.69) is 33.8 Å². The molecule has 0 aliphatic carbocycles. The Hall–Kier alpha value is -2.61. The number of benzene rings is 1. The van der Waals surface area contributed by atoms with Crippen molar-refractivity contribution >= 4 is 29.3 Å². The lowest BCUT2D eigenvalue weighted by atomic mass is 10.1. The molecule has 0 bridgehead atoms. The lowest BCUT2D eigenvalue weighted by Gasteiger charge is -2.08. The molecule has 1 heterocycles. The highest BCUT2D eigenvalue weighted by Crippen LogP contribution is 2.19. The summed E-state index contributed by atoms with van der Waals surface area (Å²) in [6.45, 7) is 6.64. The smallest absolute Gasteiger partial charge is 0.337 e. The number of anilines is 1. The van der Waals surface area contributed by atoms with Crippen LogP contribution >= 0.6 is 11.8 Å². The number of carbonyl (C=O) groups excluding carboxylic acids is 2. The van der Waals surface area contributed by atoms with Gasteiger partial charge in [0.25, 0.3) is 0 Å². The van der Waals surface area contributed by atoms with Crippen LogP contribution in [-0.4, -0.2) is 39.5 Å². The van der Waals surface area contributed by atoms with Crippen LogP contribution in [0.3, 0.4) is 0 Å². The van der Waals surface area contributed by atoms with Crippen molar-refractivity contribution in [1.29, 1.82) is 0 Å². The van der Waals surface area contributed by atoms with Crippen LogP contribution < -0.4 is 5.32 Å². The van der Waals surface area contributed by atoms with Gasteiger partial charge in [0.05, 0.1) is 18.4 Å². The number of amides is 1. The van der Waals surface area contributed by atoms with E-state index in [-0.39, 0.29) is 11.7 Å². The number of methoxy groups -OCH3 is 1. The third kappa shape index (κ3) is 7.33. The third-order valence-corrected chi connectivity index (χ3v) is 5.50. The summed E-state index contributed by atoms with van der Waals surface area (Å²) in [7, 11) is 1.33. The second-order valence-electron chi connectivity index (χ2n) is 6.87. The molecule has 2 aromatic rings. The first-order valence-electron chi connectivity index (χ1n) is 10.2. The number of aromatic nitrogens is 3. The summed E-state index contributed by atoms with van der Waals surface area (Å²) in [5.74, 6) is 0.587. The average molecular weight is 431 g/mol. The van der Waals surface area contributed by atoms with E-state index in [4.69, 9.17) is 0 Å². The summed E-state index contributed by atoms with van der Waals surface area (Å²) in [6.07, 6.45) is 8.71. The monoisotopic (exact) mass is 430 g/mol. The molecule has 7 nitrogen and oxygen atoms in total. The normalized spacial score (nSPS) is 10.6. The van der Waals surface area contributed by atoms with Gasteiger partial charge in [0.15, 0.2) is 5.16 Å². The molecule has 0 saturated heterocycles. The van der Waals surface area contributed by atoms with Crippen LogP contribution in [0.1, 0.15) is 55.2 Å². The average Bonchev–Trinajstić information content (AvgIpc) is 3.14. The quantitative estimate of drug-likeness (QED) is 0.218. The number of allylic oxidation sites excluding steroid dienone is 1. The molecule has 0 saturated carbocycles. The highest BCUT2D eigenvalue weighted by molar-refractivity contribution is 7.99. The van der Waals surface area contributed by atoms with Gasteiger partial charge in [0.1, 0.15) is 5.82 Å². The van der Waals surface area contributed by atoms with Crippen LogP contribution in [0.5, 0.6) is 0 Å². The van der Waals surface area contributed by atoms with E-state index in [1.807, 2.05) is 10.6 Å². The summed E-state index contributed by atoms with van der Waals surface area (Å²) in [4.78, 5) is 23.8. The number of aryl methyl sites for hydroxylation is 1. The van der Waals surface area contributed by atoms with Gasteiger partial charge in [0, 0.05) is 18.7 Å². The van der Waals surface area contributed by atoms with Gasteiger partial charge in [-0.25, -0.2) is 4.79 Å². The molecule has 2 rings (SSSR count). The van der Waals surface area contributed by atoms with Crippen molar-refractivity contribution in [3.05, 3.63) is 48.3 Å². The largest absolute Gasteiger partial charge is 0.465 e. The second-order valence-corrected chi connectivity index (χ2v) is 7.81. The first-order valence-corrected chi connectivity index (χ1v) is 11.2. The van der Waals surface area contributed by atoms with Crippen molar-refractivity contribution in [2.24, 2.45) is 0 Å². The molecule has 8 heteroatoms. The van der Waals surface area contributed by atoms with Gasteiger partial charge in [-0.1, -0.05) is 50.4 Å². The molecule has 0 aliphatic heterocycles. The van der Waals surface area contributed by atoms with Gasteiger partial charge in [-0.15, -0.1) is 16.8 Å². The minimum Gasteiger partial charge on any atom is -0.465 e. The van der Waals surface area contributed by atoms with Gasteiger partial charge >= 0.3 is 5.97 Å². The summed E-state index contributed by atoms with van der Waals surface area (Å²) >= 11 is 1.35. The van der Waals surface area contributed by atoms with E-state index in [9.17, 15) is 9.59 Å². The summed E-state index contributed by atoms with van der Waals surface area (Å²) in [5.41, 5.74) is 1.05. The van der Waals surface area contributed by atoms with Crippen molar-refractivity contribution in [3.63, 3.8) is 0 Å². The molecule has 1 amide bonds. The zero-order chi connectivity index (χ0) is 21.8. The highest BCUT2D eigenvalue weighted by Gasteiger charge is 2.14. The number of nitrogens with zero attached hydrogens (tertiary/aromatic N) is 3. The molecule has 0 spiro atoms. The Morgan fingerprint density at radius 3 is 2.57 bits per heavy atom. The topological polar surface area (TPSA) is 86.1 Å². The van der Waals surface area contributed by atoms with Gasteiger partial charge < -0.3 is 14.6 Å². The highest BCUT2D eigenvalue weighted by atomic mass is 32.2. The number of esters is 1. The van der Waals surface area contributed by atoms with Gasteiger partial charge in [-0.05, 0) is 30.7 Å². The third-order valence-electron chi connectivity index (χ3n) is 4.53. The number of thioether (sulfide) groups is 1. The molecule has 1 N–H and O–H groups in total. The number of hydrogen-bond acceptors (Lipinski definition) is 6. The molecule has 0 aliphatic rings. The van der Waals surface area contributed by atoms with E-state index in [0.29, 0.717) is 17.8 Å². The second kappa shape index (κ2) is 12.8. The van der Waals surface area contributed by atoms with Crippen molar-refractivity contribution in [2.45, 2.75) is 57.1 Å². The number of nitrogens with one attached hydrogen (secondary N) is 1. The first-order chi connectivity index (χ1) is 14.6. The first kappa shape index (κ1) is 23.7. The molecule has 0 unspecified atom stereocenters. The van der Waals surface area contributed by atoms with Crippen LogP contribution in [0.25, 0.3) is 0 Å². The lowest BCUT2D eigenvalue weighted by molar-refractivity contribution is -0.113. The molecule has 0 radical (unpaired) electrons. The number of unbranched alkanes of at least 4 members (excludes halogenated alkanes) is 4. The number of carbonyl (C=O) groups is 2. The van der Waals surface area contributed by atoms with Gasteiger partial charge in [0.2, 0.25) is 5.91 Å². The SMILES string of the molecule is C=CCn1c(CCCCCCC)nnc1SCC(=O)Nc1ccc(C(=O)OC)cc1. The van der Waals surface area contributed by atoms with E-state index in [0.717, 1.165) is 23.8 Å². The zero-order valence-electron chi connectivity index (χ0n) is 17.7. The molecular weight excluding hydrogens is 400 g/mol. The Bertz CT molecular complexity index is 833. The molecule has 0 fully saturated rings. The Morgan fingerprint density at radius 1 is 1.17 bits per heavy atom. The Labute approximate surface area is 182 Å². The summed E-state index contributed by atoms with van der Waals surface area (Å²) in [5, 5.41) is 12.1. The molecule has 1 aromatic carbocycles. The lowest BCUT2D eigenvalue weighted by Crippen LogP contribution is -2.15. The fourth-order valence-electron chi connectivity index (χ4n) is 2.94.